The van der Waals surface area contributed by atoms with Gasteiger partial charge >= 0.3 is 36.9 Å². The molecule has 0 bridgehead atoms. The zero-order chi connectivity index (χ0) is 58.8. The third-order valence-corrected chi connectivity index (χ3v) is 13.4. The number of rotatable bonds is 12. The summed E-state index contributed by atoms with van der Waals surface area (Å²) in [6.45, 7) is 6.68. The van der Waals surface area contributed by atoms with E-state index in [1.807, 2.05) is 0 Å². The van der Waals surface area contributed by atoms with Gasteiger partial charge in [-0.25, -0.2) is 19.6 Å². The van der Waals surface area contributed by atoms with Crippen molar-refractivity contribution in [3.05, 3.63) is 142 Å². The minimum absolute atomic E-state index is 0.0982. The number of anilines is 2. The molecule has 432 valence electrons. The lowest BCUT2D eigenvalue weighted by Crippen LogP contribution is -2.44. The summed E-state index contributed by atoms with van der Waals surface area (Å²) in [6, 6.07) is 8.83. The molecule has 26 heteroatoms. The topological polar surface area (TPSA) is 132 Å². The molecular weight excluding hydrogens is 1090 g/mol. The van der Waals surface area contributed by atoms with Crippen LogP contribution in [0.4, 0.5) is 73.6 Å². The molecule has 2 aromatic heterocycles. The van der Waals surface area contributed by atoms with Gasteiger partial charge in [0.05, 0.1) is 75.3 Å². The molecule has 2 aliphatic heterocycles. The second-order valence-corrected chi connectivity index (χ2v) is 18.6. The number of benzene rings is 4. The maximum absolute atomic E-state index is 13.4. The molecule has 6 aromatic rings. The maximum Gasteiger partial charge on any atom is 0.416 e. The van der Waals surface area contributed by atoms with E-state index in [1.54, 1.807) is 52.0 Å². The Kier molecular flexibility index (Phi) is 17.6. The van der Waals surface area contributed by atoms with Gasteiger partial charge < -0.3 is 37.6 Å². The smallest absolute Gasteiger partial charge is 0.416 e. The molecule has 4 heterocycles. The molecule has 2 unspecified atom stereocenters. The monoisotopic (exact) mass is 1140 g/mol. The molecule has 14 nitrogen and oxygen atoms in total. The zero-order valence-corrected chi connectivity index (χ0v) is 44.1. The van der Waals surface area contributed by atoms with Crippen molar-refractivity contribution >= 4 is 23.6 Å². The van der Waals surface area contributed by atoms with Crippen LogP contribution < -0.4 is 28.7 Å². The van der Waals surface area contributed by atoms with Gasteiger partial charge in [-0.15, -0.1) is 0 Å². The van der Waals surface area contributed by atoms with Crippen molar-refractivity contribution in [3.63, 3.8) is 0 Å². The fourth-order valence-electron chi connectivity index (χ4n) is 9.94. The highest BCUT2D eigenvalue weighted by atomic mass is 19.4. The number of amides is 2. The Morgan fingerprint density at radius 2 is 0.787 bits per heavy atom. The van der Waals surface area contributed by atoms with Crippen molar-refractivity contribution in [2.75, 3.05) is 51.5 Å². The Morgan fingerprint density at radius 3 is 1.06 bits per heavy atom. The number of imidazole rings is 2. The number of methoxy groups -OCH3 is 4. The highest BCUT2D eigenvalue weighted by Crippen LogP contribution is 2.49. The highest BCUT2D eigenvalue weighted by Gasteiger charge is 2.42. The summed E-state index contributed by atoms with van der Waals surface area (Å²) in [5.41, 5.74) is -3.80. The van der Waals surface area contributed by atoms with Crippen LogP contribution in [-0.4, -0.2) is 85.0 Å². The van der Waals surface area contributed by atoms with Crippen LogP contribution in [0.25, 0.3) is 0 Å². The number of carbonyl (C=O) groups is 2. The summed E-state index contributed by atoms with van der Waals surface area (Å²) in [5, 5.41) is 0. The average Bonchev–Trinajstić information content (AvgIpc) is 4.05. The first-order chi connectivity index (χ1) is 37.6. The number of nitrogens with zero attached hydrogens (tertiary/aromatic N) is 6. The van der Waals surface area contributed by atoms with Crippen LogP contribution >= 0.6 is 0 Å². The van der Waals surface area contributed by atoms with Crippen molar-refractivity contribution in [3.8, 4) is 23.0 Å². The van der Waals surface area contributed by atoms with Crippen LogP contribution in [0.5, 0.6) is 23.0 Å². The van der Waals surface area contributed by atoms with Crippen LogP contribution in [0.1, 0.15) is 109 Å². The van der Waals surface area contributed by atoms with Gasteiger partial charge in [-0.3, -0.25) is 9.80 Å². The van der Waals surface area contributed by atoms with E-state index in [1.165, 1.54) is 72.2 Å². The Morgan fingerprint density at radius 1 is 0.487 bits per heavy atom. The molecule has 0 spiro atoms. The summed E-state index contributed by atoms with van der Waals surface area (Å²) in [4.78, 5) is 37.6. The summed E-state index contributed by atoms with van der Waals surface area (Å²) >= 11 is 0. The van der Waals surface area contributed by atoms with Gasteiger partial charge in [0, 0.05) is 73.9 Å². The first-order valence-electron chi connectivity index (χ1n) is 24.6. The number of carbonyl (C=O) groups excluding carboxylic acids is 2. The SMILES string of the molecule is CCOC(=O)N1c2cc(OC)c(OC)cc2C(c2nccn2Cc2cc(C(F)(F)F)cc(C(F)(F)F)c2)C[C@@H]1C.CCOC(=O)N1c2cc(OC)c(OC)cc2C(c2nccn2Cc2cc(C(F)(F)F)cc(C(F)(F)F)c2)C[C@H]1C. The number of hydrogen-bond donors (Lipinski definition) is 0. The van der Waals surface area contributed by atoms with Crippen LogP contribution in [-0.2, 0) is 47.3 Å². The normalized spacial score (nSPS) is 17.4. The number of ether oxygens (including phenoxy) is 6. The molecule has 0 fully saturated rings. The minimum atomic E-state index is -4.96. The fraction of sp³-hybridized carbons (Fsp3) is 0.407. The van der Waals surface area contributed by atoms with E-state index < -0.39 is 83.1 Å². The van der Waals surface area contributed by atoms with Gasteiger partial charge in [-0.1, -0.05) is 0 Å². The second kappa shape index (κ2) is 23.5. The summed E-state index contributed by atoms with van der Waals surface area (Å²) in [7, 11) is 5.78. The lowest BCUT2D eigenvalue weighted by atomic mass is 9.85. The van der Waals surface area contributed by atoms with Gasteiger partial charge in [0.15, 0.2) is 23.0 Å². The highest BCUT2D eigenvalue weighted by molar-refractivity contribution is 5.92. The molecule has 0 saturated heterocycles. The maximum atomic E-state index is 13.4. The molecule has 4 aromatic carbocycles. The van der Waals surface area contributed by atoms with Gasteiger partial charge in [-0.05, 0) is 111 Å². The lowest BCUT2D eigenvalue weighted by Gasteiger charge is -2.39. The van der Waals surface area contributed by atoms with E-state index >= 15 is 0 Å². The quantitative estimate of drug-likeness (QED) is 0.109. The fourth-order valence-corrected chi connectivity index (χ4v) is 9.94. The summed E-state index contributed by atoms with van der Waals surface area (Å²) in [6.07, 6.45) is -14.5. The molecule has 0 saturated carbocycles. The van der Waals surface area contributed by atoms with Gasteiger partial charge in [0.1, 0.15) is 11.6 Å². The number of alkyl halides is 12. The number of aromatic nitrogens is 4. The van der Waals surface area contributed by atoms with E-state index in [-0.39, 0.29) is 49.6 Å². The van der Waals surface area contributed by atoms with E-state index in [9.17, 15) is 62.3 Å². The van der Waals surface area contributed by atoms with Crippen molar-refractivity contribution in [2.24, 2.45) is 0 Å². The summed E-state index contributed by atoms with van der Waals surface area (Å²) in [5.74, 6) is 1.28. The van der Waals surface area contributed by atoms with Crippen LogP contribution in [0.2, 0.25) is 0 Å². The number of hydrogen-bond acceptors (Lipinski definition) is 10. The molecular formula is C54H54F12N6O8. The standard InChI is InChI=1S/2C27H27F6N3O4/c2*1-5-40-25(37)36-15(2)8-20(19-12-22(38-3)23(39-4)13-21(19)36)24-34-6-7-35(24)14-16-9-17(26(28,29)30)11-18(10-16)27(31,32)33/h2*6-7,9-13,15,20H,5,8,14H2,1-4H3/t2*15-,20?/m10/s1. The third kappa shape index (κ3) is 12.8. The largest absolute Gasteiger partial charge is 0.493 e. The van der Waals surface area contributed by atoms with E-state index in [4.69, 9.17) is 28.4 Å². The number of halogens is 12. The molecule has 2 amide bonds. The first-order valence-corrected chi connectivity index (χ1v) is 24.6. The van der Waals surface area contributed by atoms with Gasteiger partial charge in [0.2, 0.25) is 0 Å². The van der Waals surface area contributed by atoms with E-state index in [0.717, 1.165) is 0 Å². The van der Waals surface area contributed by atoms with E-state index in [0.29, 0.717) is 94.3 Å². The predicted molar refractivity (Wildman–Crippen MR) is 265 cm³/mol. The molecule has 4 atom stereocenters. The Labute approximate surface area is 450 Å². The molecule has 0 radical (unpaired) electrons. The van der Waals surface area contributed by atoms with Gasteiger partial charge in [0.25, 0.3) is 0 Å². The average molecular weight is 1140 g/mol. The molecule has 8 rings (SSSR count). The third-order valence-electron chi connectivity index (χ3n) is 13.4. The van der Waals surface area contributed by atoms with Crippen LogP contribution in [0, 0.1) is 0 Å². The van der Waals surface area contributed by atoms with Crippen molar-refractivity contribution < 1.29 is 90.7 Å². The van der Waals surface area contributed by atoms with Gasteiger partial charge in [-0.2, -0.15) is 52.7 Å². The van der Waals surface area contributed by atoms with Crippen molar-refractivity contribution in [1.29, 1.82) is 0 Å². The predicted octanol–water partition coefficient (Wildman–Crippen LogP) is 13.7. The molecule has 0 N–H and O–H groups in total. The van der Waals surface area contributed by atoms with Crippen LogP contribution in [0.15, 0.2) is 85.5 Å². The molecule has 80 heavy (non-hydrogen) atoms. The molecule has 0 aliphatic carbocycles. The zero-order valence-electron chi connectivity index (χ0n) is 44.1. The summed E-state index contributed by atoms with van der Waals surface area (Å²) < 4.78 is 196. The lowest BCUT2D eigenvalue weighted by molar-refractivity contribution is -0.144. The Balaban J connectivity index is 0.000000231. The molecule has 2 aliphatic rings. The Bertz CT molecular complexity index is 2920. The van der Waals surface area contributed by atoms with Crippen molar-refractivity contribution in [2.45, 2.75) is 102 Å². The Hall–Kier alpha value is -7.80. The number of fused-ring (bicyclic) bond motifs is 2. The first kappa shape index (κ1) is 59.9. The minimum Gasteiger partial charge on any atom is -0.493 e. The van der Waals surface area contributed by atoms with Crippen LogP contribution in [0.3, 0.4) is 0 Å². The van der Waals surface area contributed by atoms with Crippen molar-refractivity contribution in [1.82, 2.24) is 19.1 Å². The van der Waals surface area contributed by atoms with E-state index in [2.05, 4.69) is 9.97 Å². The second-order valence-electron chi connectivity index (χ2n) is 18.6.